The molecular weight excluding hydrogens is 312 g/mol. The van der Waals surface area contributed by atoms with Crippen molar-refractivity contribution in [3.63, 3.8) is 0 Å². The average Bonchev–Trinajstić information content (AvgIpc) is 2.56. The van der Waals surface area contributed by atoms with Gasteiger partial charge >= 0.3 is 6.03 Å². The minimum atomic E-state index is -1.01. The Morgan fingerprint density at radius 3 is 2.65 bits per heavy atom. The van der Waals surface area contributed by atoms with Crippen molar-refractivity contribution in [3.05, 3.63) is 24.3 Å². The summed E-state index contributed by atoms with van der Waals surface area (Å²) in [6.45, 7) is 4.20. The number of amides is 2. The summed E-state index contributed by atoms with van der Waals surface area (Å²) in [4.78, 5) is 15.1. The molecule has 1 fully saturated rings. The molecule has 1 heterocycles. The van der Waals surface area contributed by atoms with Crippen molar-refractivity contribution in [2.24, 2.45) is 0 Å². The Hall–Kier alpha value is -1.40. The third-order valence-corrected chi connectivity index (χ3v) is 4.85. The molecule has 1 N–H and O–H groups in total. The van der Waals surface area contributed by atoms with Crippen LogP contribution in [0.25, 0.3) is 0 Å². The third kappa shape index (κ3) is 5.62. The molecule has 5 nitrogen and oxygen atoms in total. The van der Waals surface area contributed by atoms with E-state index in [0.717, 1.165) is 36.5 Å². The van der Waals surface area contributed by atoms with Crippen molar-refractivity contribution in [1.29, 1.82) is 0 Å². The number of urea groups is 1. The Morgan fingerprint density at radius 1 is 1.35 bits per heavy atom. The van der Waals surface area contributed by atoms with Crippen LogP contribution in [0.2, 0.25) is 0 Å². The molecule has 1 aromatic carbocycles. The first-order chi connectivity index (χ1) is 11.1. The van der Waals surface area contributed by atoms with E-state index in [0.29, 0.717) is 13.1 Å². The summed E-state index contributed by atoms with van der Waals surface area (Å²) in [5.41, 5.74) is 0.717. The summed E-state index contributed by atoms with van der Waals surface area (Å²) < 4.78 is 17.1. The minimum Gasteiger partial charge on any atom is -0.376 e. The van der Waals surface area contributed by atoms with Gasteiger partial charge in [0.25, 0.3) is 0 Å². The standard InChI is InChI=1S/C17H26N2O3S/c1-3-11-19(13-15-6-4-5-12-22-15)17(20)18-14-7-9-16(10-8-14)23(2)21/h7-10,15H,3-6,11-13H2,1-2H3,(H,18,20)/t15-,23+/m1/s1. The van der Waals surface area contributed by atoms with Crippen LogP contribution in [0.5, 0.6) is 0 Å². The van der Waals surface area contributed by atoms with E-state index in [2.05, 4.69) is 12.2 Å². The number of carbonyl (C=O) groups is 1. The minimum absolute atomic E-state index is 0.105. The molecule has 1 saturated heterocycles. The lowest BCUT2D eigenvalue weighted by molar-refractivity contribution is 0.00162. The Morgan fingerprint density at radius 2 is 2.09 bits per heavy atom. The van der Waals surface area contributed by atoms with Crippen LogP contribution in [-0.2, 0) is 15.5 Å². The molecule has 0 aromatic heterocycles. The number of carbonyl (C=O) groups excluding carboxylic acids is 1. The molecule has 23 heavy (non-hydrogen) atoms. The Labute approximate surface area is 140 Å². The van der Waals surface area contributed by atoms with Gasteiger partial charge in [-0.05, 0) is 49.9 Å². The van der Waals surface area contributed by atoms with E-state index >= 15 is 0 Å². The fourth-order valence-electron chi connectivity index (χ4n) is 2.68. The number of rotatable bonds is 6. The molecule has 1 aliphatic heterocycles. The van der Waals surface area contributed by atoms with E-state index < -0.39 is 10.8 Å². The van der Waals surface area contributed by atoms with Crippen LogP contribution in [0.4, 0.5) is 10.5 Å². The van der Waals surface area contributed by atoms with Gasteiger partial charge in [-0.25, -0.2) is 4.79 Å². The molecule has 128 valence electrons. The maximum absolute atomic E-state index is 12.5. The lowest BCUT2D eigenvalue weighted by Gasteiger charge is -2.30. The number of ether oxygens (including phenoxy) is 1. The Kier molecular flexibility index (Phi) is 7.05. The molecule has 0 radical (unpaired) electrons. The van der Waals surface area contributed by atoms with Crippen molar-refractivity contribution in [2.75, 3.05) is 31.3 Å². The predicted octanol–water partition coefficient (Wildman–Crippen LogP) is 3.24. The first kappa shape index (κ1) is 17.9. The molecule has 2 atom stereocenters. The third-order valence-electron chi connectivity index (χ3n) is 3.92. The Bertz CT molecular complexity index is 527. The van der Waals surface area contributed by atoms with E-state index in [1.807, 2.05) is 4.90 Å². The average molecular weight is 338 g/mol. The molecule has 6 heteroatoms. The van der Waals surface area contributed by atoms with Gasteiger partial charge in [0.15, 0.2) is 0 Å². The largest absolute Gasteiger partial charge is 0.376 e. The van der Waals surface area contributed by atoms with Gasteiger partial charge in [-0.2, -0.15) is 0 Å². The van der Waals surface area contributed by atoms with Crippen molar-refractivity contribution >= 4 is 22.5 Å². The van der Waals surface area contributed by atoms with E-state index in [9.17, 15) is 9.00 Å². The van der Waals surface area contributed by atoms with E-state index in [1.165, 1.54) is 6.42 Å². The SMILES string of the molecule is CCCN(C[C@H]1CCCCO1)C(=O)Nc1ccc([S@](C)=O)cc1. The zero-order valence-electron chi connectivity index (χ0n) is 13.9. The zero-order chi connectivity index (χ0) is 16.7. The van der Waals surface area contributed by atoms with Crippen LogP contribution >= 0.6 is 0 Å². The van der Waals surface area contributed by atoms with Gasteiger partial charge in [0, 0.05) is 47.3 Å². The van der Waals surface area contributed by atoms with Crippen LogP contribution in [0.15, 0.2) is 29.2 Å². The number of hydrogen-bond acceptors (Lipinski definition) is 3. The lowest BCUT2D eigenvalue weighted by Crippen LogP contribution is -2.42. The molecule has 1 aliphatic rings. The fraction of sp³-hybridized carbons (Fsp3) is 0.588. The summed E-state index contributed by atoms with van der Waals surface area (Å²) in [7, 11) is -1.01. The zero-order valence-corrected chi connectivity index (χ0v) is 14.7. The number of nitrogens with one attached hydrogen (secondary N) is 1. The monoisotopic (exact) mass is 338 g/mol. The van der Waals surface area contributed by atoms with E-state index in [1.54, 1.807) is 30.5 Å². The smallest absolute Gasteiger partial charge is 0.321 e. The first-order valence-electron chi connectivity index (χ1n) is 8.21. The Balaban J connectivity index is 1.95. The summed E-state index contributed by atoms with van der Waals surface area (Å²) in [5.74, 6) is 0. The van der Waals surface area contributed by atoms with Gasteiger partial charge in [0.1, 0.15) is 0 Å². The fourth-order valence-corrected chi connectivity index (χ4v) is 3.19. The second kappa shape index (κ2) is 9.03. The van der Waals surface area contributed by atoms with Gasteiger partial charge in [0.2, 0.25) is 0 Å². The molecular formula is C17H26N2O3S. The quantitative estimate of drug-likeness (QED) is 0.866. The first-order valence-corrected chi connectivity index (χ1v) is 9.77. The van der Waals surface area contributed by atoms with Crippen LogP contribution in [-0.4, -0.2) is 47.2 Å². The molecule has 1 aromatic rings. The summed E-state index contributed by atoms with van der Waals surface area (Å²) in [6.07, 6.45) is 5.99. The number of benzene rings is 1. The molecule has 0 saturated carbocycles. The lowest BCUT2D eigenvalue weighted by atomic mass is 10.1. The van der Waals surface area contributed by atoms with Crippen LogP contribution in [0, 0.1) is 0 Å². The maximum Gasteiger partial charge on any atom is 0.321 e. The molecule has 0 unspecified atom stereocenters. The van der Waals surface area contributed by atoms with Gasteiger partial charge in [-0.3, -0.25) is 4.21 Å². The predicted molar refractivity (Wildman–Crippen MR) is 93.2 cm³/mol. The summed E-state index contributed by atoms with van der Waals surface area (Å²) >= 11 is 0. The number of hydrogen-bond donors (Lipinski definition) is 1. The molecule has 2 rings (SSSR count). The summed E-state index contributed by atoms with van der Waals surface area (Å²) in [5, 5.41) is 2.92. The van der Waals surface area contributed by atoms with Crippen molar-refractivity contribution in [3.8, 4) is 0 Å². The molecule has 0 bridgehead atoms. The van der Waals surface area contributed by atoms with Gasteiger partial charge in [0.05, 0.1) is 6.10 Å². The topological polar surface area (TPSA) is 58.6 Å². The van der Waals surface area contributed by atoms with Crippen LogP contribution in [0.1, 0.15) is 32.6 Å². The highest BCUT2D eigenvalue weighted by atomic mass is 32.2. The van der Waals surface area contributed by atoms with Crippen molar-refractivity contribution in [1.82, 2.24) is 4.90 Å². The highest BCUT2D eigenvalue weighted by Gasteiger charge is 2.21. The van der Waals surface area contributed by atoms with Crippen molar-refractivity contribution < 1.29 is 13.7 Å². The maximum atomic E-state index is 12.5. The molecule has 0 aliphatic carbocycles. The second-order valence-corrected chi connectivity index (χ2v) is 7.22. The van der Waals surface area contributed by atoms with Gasteiger partial charge < -0.3 is 15.0 Å². The number of anilines is 1. The highest BCUT2D eigenvalue weighted by molar-refractivity contribution is 7.84. The number of nitrogens with zero attached hydrogens (tertiary/aromatic N) is 1. The second-order valence-electron chi connectivity index (χ2n) is 5.84. The van der Waals surface area contributed by atoms with Crippen LogP contribution < -0.4 is 5.32 Å². The van der Waals surface area contributed by atoms with E-state index in [-0.39, 0.29) is 12.1 Å². The highest BCUT2D eigenvalue weighted by Crippen LogP contribution is 2.16. The van der Waals surface area contributed by atoms with Gasteiger partial charge in [-0.15, -0.1) is 0 Å². The van der Waals surface area contributed by atoms with Gasteiger partial charge in [-0.1, -0.05) is 6.92 Å². The van der Waals surface area contributed by atoms with Crippen LogP contribution in [0.3, 0.4) is 0 Å². The van der Waals surface area contributed by atoms with E-state index in [4.69, 9.17) is 4.74 Å². The summed E-state index contributed by atoms with van der Waals surface area (Å²) in [6, 6.07) is 7.03. The normalized spacial score (nSPS) is 19.1. The van der Waals surface area contributed by atoms with Crippen molar-refractivity contribution in [2.45, 2.75) is 43.6 Å². The molecule has 0 spiro atoms. The molecule has 2 amide bonds.